The number of rotatable bonds is 4. The van der Waals surface area contributed by atoms with Gasteiger partial charge in [0.25, 0.3) is 5.56 Å². The van der Waals surface area contributed by atoms with Gasteiger partial charge in [-0.3, -0.25) is 14.2 Å². The van der Waals surface area contributed by atoms with E-state index in [4.69, 9.17) is 0 Å². The van der Waals surface area contributed by atoms with Gasteiger partial charge < -0.3 is 5.32 Å². The van der Waals surface area contributed by atoms with E-state index in [1.165, 1.54) is 15.6 Å². The van der Waals surface area contributed by atoms with Crippen molar-refractivity contribution in [3.05, 3.63) is 21.3 Å². The highest BCUT2D eigenvalue weighted by Gasteiger charge is 2.16. The van der Waals surface area contributed by atoms with Gasteiger partial charge in [-0.1, -0.05) is 13.8 Å². The molecule has 2 aromatic heterocycles. The highest BCUT2D eigenvalue weighted by atomic mass is 79.9. The van der Waals surface area contributed by atoms with Crippen molar-refractivity contribution in [1.29, 1.82) is 0 Å². The van der Waals surface area contributed by atoms with Crippen LogP contribution in [0, 0.1) is 5.92 Å². The maximum atomic E-state index is 12.4. The van der Waals surface area contributed by atoms with Gasteiger partial charge in [-0.25, -0.2) is 9.67 Å². The van der Waals surface area contributed by atoms with Crippen LogP contribution in [0.5, 0.6) is 0 Å². The third kappa shape index (κ3) is 3.15. The van der Waals surface area contributed by atoms with E-state index in [1.807, 2.05) is 20.8 Å². The second-order valence-electron chi connectivity index (χ2n) is 5.39. The van der Waals surface area contributed by atoms with Gasteiger partial charge in [0.15, 0.2) is 5.65 Å². The minimum atomic E-state index is -0.285. The molecule has 0 saturated heterocycles. The molecule has 1 atom stereocenters. The molecular weight excluding hydrogens is 338 g/mol. The summed E-state index contributed by atoms with van der Waals surface area (Å²) in [7, 11) is 1.71. The fraction of sp³-hybridized carbons (Fsp3) is 0.538. The van der Waals surface area contributed by atoms with Crippen molar-refractivity contribution in [3.63, 3.8) is 0 Å². The van der Waals surface area contributed by atoms with Crippen molar-refractivity contribution in [3.8, 4) is 0 Å². The van der Waals surface area contributed by atoms with Crippen LogP contribution in [-0.4, -0.2) is 31.3 Å². The number of fused-ring (bicyclic) bond motifs is 1. The summed E-state index contributed by atoms with van der Waals surface area (Å²) in [5, 5.41) is 7.34. The number of amides is 1. The average molecular weight is 356 g/mol. The Morgan fingerprint density at radius 1 is 1.43 bits per heavy atom. The minimum Gasteiger partial charge on any atom is -0.352 e. The lowest BCUT2D eigenvalue weighted by molar-refractivity contribution is -0.122. The van der Waals surface area contributed by atoms with Gasteiger partial charge in [0, 0.05) is 13.1 Å². The molecule has 0 aliphatic rings. The lowest BCUT2D eigenvalue weighted by Crippen LogP contribution is -2.39. The zero-order valence-corrected chi connectivity index (χ0v) is 14.0. The van der Waals surface area contributed by atoms with Crippen LogP contribution in [0.25, 0.3) is 11.0 Å². The van der Waals surface area contributed by atoms with Crippen molar-refractivity contribution in [1.82, 2.24) is 24.6 Å². The van der Waals surface area contributed by atoms with Gasteiger partial charge in [0.1, 0.15) is 22.9 Å². The molecule has 0 aliphatic carbocycles. The summed E-state index contributed by atoms with van der Waals surface area (Å²) >= 11 is 3.24. The van der Waals surface area contributed by atoms with Crippen molar-refractivity contribution in [2.75, 3.05) is 0 Å². The average Bonchev–Trinajstić information content (AvgIpc) is 2.68. The number of aryl methyl sites for hydroxylation is 1. The molecule has 21 heavy (non-hydrogen) atoms. The molecule has 0 bridgehead atoms. The zero-order valence-electron chi connectivity index (χ0n) is 12.4. The Morgan fingerprint density at radius 2 is 2.10 bits per heavy atom. The second kappa shape index (κ2) is 5.97. The summed E-state index contributed by atoms with van der Waals surface area (Å²) in [6.45, 7) is 5.93. The van der Waals surface area contributed by atoms with E-state index in [9.17, 15) is 9.59 Å². The molecule has 0 fully saturated rings. The summed E-state index contributed by atoms with van der Waals surface area (Å²) in [5.41, 5.74) is 0.200. The lowest BCUT2D eigenvalue weighted by atomic mass is 10.1. The van der Waals surface area contributed by atoms with Gasteiger partial charge in [-0.15, -0.1) is 0 Å². The van der Waals surface area contributed by atoms with Gasteiger partial charge in [-0.2, -0.15) is 5.10 Å². The summed E-state index contributed by atoms with van der Waals surface area (Å²) in [6, 6.07) is 0.0509. The third-order valence-electron chi connectivity index (χ3n) is 3.47. The van der Waals surface area contributed by atoms with Crippen molar-refractivity contribution in [2.45, 2.75) is 33.4 Å². The molecule has 2 rings (SSSR count). The van der Waals surface area contributed by atoms with E-state index < -0.39 is 0 Å². The summed E-state index contributed by atoms with van der Waals surface area (Å²) in [6.07, 6.45) is 1.37. The van der Waals surface area contributed by atoms with Crippen LogP contribution in [0.4, 0.5) is 0 Å². The normalized spacial score (nSPS) is 12.9. The minimum absolute atomic E-state index is 0.0509. The summed E-state index contributed by atoms with van der Waals surface area (Å²) in [5.74, 6) is 0.123. The molecule has 1 amide bonds. The van der Waals surface area contributed by atoms with Gasteiger partial charge >= 0.3 is 0 Å². The number of halogens is 1. The Labute approximate surface area is 130 Å². The van der Waals surface area contributed by atoms with E-state index >= 15 is 0 Å². The molecule has 1 N–H and O–H groups in total. The van der Waals surface area contributed by atoms with E-state index in [-0.39, 0.29) is 24.1 Å². The monoisotopic (exact) mass is 355 g/mol. The molecule has 2 aromatic rings. The molecule has 1 unspecified atom stereocenters. The van der Waals surface area contributed by atoms with Gasteiger partial charge in [0.05, 0.1) is 0 Å². The van der Waals surface area contributed by atoms with E-state index in [0.717, 1.165) is 0 Å². The zero-order chi connectivity index (χ0) is 15.7. The van der Waals surface area contributed by atoms with Crippen LogP contribution >= 0.6 is 15.9 Å². The number of hydrogen-bond donors (Lipinski definition) is 1. The quantitative estimate of drug-likeness (QED) is 0.888. The molecule has 0 aliphatic heterocycles. The first-order valence-electron chi connectivity index (χ1n) is 6.68. The highest BCUT2D eigenvalue weighted by molar-refractivity contribution is 9.10. The topological polar surface area (TPSA) is 81.8 Å². The number of carbonyl (C=O) groups excluding carboxylic acids is 1. The van der Waals surface area contributed by atoms with Crippen molar-refractivity contribution in [2.24, 2.45) is 13.0 Å². The van der Waals surface area contributed by atoms with Crippen LogP contribution in [0.1, 0.15) is 20.8 Å². The molecule has 0 radical (unpaired) electrons. The van der Waals surface area contributed by atoms with Crippen molar-refractivity contribution < 1.29 is 4.79 Å². The van der Waals surface area contributed by atoms with E-state index in [1.54, 1.807) is 7.05 Å². The Hall–Kier alpha value is -1.70. The second-order valence-corrected chi connectivity index (χ2v) is 6.14. The number of hydrogen-bond acceptors (Lipinski definition) is 4. The number of nitrogens with zero attached hydrogens (tertiary/aromatic N) is 4. The Morgan fingerprint density at radius 3 is 2.71 bits per heavy atom. The highest BCUT2D eigenvalue weighted by Crippen LogP contribution is 2.16. The van der Waals surface area contributed by atoms with Crippen LogP contribution in [0.2, 0.25) is 0 Å². The molecule has 8 heteroatoms. The first-order chi connectivity index (χ1) is 9.81. The molecule has 0 aromatic carbocycles. The Bertz CT molecular complexity index is 734. The molecule has 0 saturated carbocycles. The van der Waals surface area contributed by atoms with Gasteiger partial charge in [0.2, 0.25) is 5.91 Å². The van der Waals surface area contributed by atoms with E-state index in [0.29, 0.717) is 21.6 Å². The standard InChI is InChI=1S/C13H18BrN5O2/c1-7(2)8(3)16-9(20)5-19-6-15-12-10(13(19)21)11(14)17-18(12)4/h6-8H,5H2,1-4H3,(H,16,20). The number of nitrogens with one attached hydrogen (secondary N) is 1. The Balaban J connectivity index is 2.28. The summed E-state index contributed by atoms with van der Waals surface area (Å²) < 4.78 is 3.24. The largest absolute Gasteiger partial charge is 0.352 e. The number of aromatic nitrogens is 4. The fourth-order valence-electron chi connectivity index (χ4n) is 1.87. The fourth-order valence-corrected chi connectivity index (χ4v) is 2.45. The molecule has 2 heterocycles. The Kier molecular flexibility index (Phi) is 4.46. The van der Waals surface area contributed by atoms with Crippen LogP contribution in [0.3, 0.4) is 0 Å². The third-order valence-corrected chi connectivity index (χ3v) is 4.03. The van der Waals surface area contributed by atoms with Gasteiger partial charge in [-0.05, 0) is 28.8 Å². The van der Waals surface area contributed by atoms with Crippen LogP contribution in [0.15, 0.2) is 15.7 Å². The van der Waals surface area contributed by atoms with E-state index in [2.05, 4.69) is 31.3 Å². The predicted octanol–water partition coefficient (Wildman–Crippen LogP) is 1.05. The lowest BCUT2D eigenvalue weighted by Gasteiger charge is -2.17. The molecule has 0 spiro atoms. The van der Waals surface area contributed by atoms with Crippen LogP contribution < -0.4 is 10.9 Å². The predicted molar refractivity (Wildman–Crippen MR) is 82.9 cm³/mol. The SMILES string of the molecule is CC(C)C(C)NC(=O)Cn1cnc2c(c(Br)nn2C)c1=O. The molecule has 114 valence electrons. The van der Waals surface area contributed by atoms with Crippen LogP contribution in [-0.2, 0) is 18.4 Å². The summed E-state index contributed by atoms with van der Waals surface area (Å²) in [4.78, 5) is 28.5. The number of carbonyl (C=O) groups is 1. The smallest absolute Gasteiger partial charge is 0.266 e. The molecule has 7 nitrogen and oxygen atoms in total. The first kappa shape index (κ1) is 15.7. The first-order valence-corrected chi connectivity index (χ1v) is 7.47. The molecular formula is C13H18BrN5O2. The maximum absolute atomic E-state index is 12.4. The van der Waals surface area contributed by atoms with Crippen molar-refractivity contribution >= 4 is 32.9 Å². The maximum Gasteiger partial charge on any atom is 0.266 e.